The van der Waals surface area contributed by atoms with Gasteiger partial charge in [-0.3, -0.25) is 0 Å². The van der Waals surface area contributed by atoms with Gasteiger partial charge in [0.1, 0.15) is 0 Å². The zero-order valence-corrected chi connectivity index (χ0v) is 6.41. The van der Waals surface area contributed by atoms with E-state index in [1.165, 1.54) is 0 Å². The lowest BCUT2D eigenvalue weighted by Crippen LogP contribution is -2.44. The molecule has 1 saturated carbocycles. The predicted octanol–water partition coefficient (Wildman–Crippen LogP) is 1.94. The SMILES string of the molecule is C[C@H]1C[C@H](NCC(F)(F)F)C1. The van der Waals surface area contributed by atoms with Crippen LogP contribution in [-0.2, 0) is 0 Å². The molecule has 0 heterocycles. The van der Waals surface area contributed by atoms with Crippen LogP contribution >= 0.6 is 0 Å². The molecule has 0 aromatic carbocycles. The van der Waals surface area contributed by atoms with E-state index >= 15 is 0 Å². The van der Waals surface area contributed by atoms with Gasteiger partial charge in [0.05, 0.1) is 6.54 Å². The number of nitrogens with one attached hydrogen (secondary N) is 1. The highest BCUT2D eigenvalue weighted by Gasteiger charge is 2.31. The van der Waals surface area contributed by atoms with Gasteiger partial charge in [-0.15, -0.1) is 0 Å². The molecule has 1 nitrogen and oxygen atoms in total. The Kier molecular flexibility index (Phi) is 2.42. The molecule has 0 aromatic rings. The Labute approximate surface area is 64.0 Å². The fourth-order valence-corrected chi connectivity index (χ4v) is 1.33. The standard InChI is InChI=1S/C7H12F3N/c1-5-2-6(3-5)11-4-7(8,9)10/h5-6,11H,2-4H2,1H3/t5-,6-. The summed E-state index contributed by atoms with van der Waals surface area (Å²) in [4.78, 5) is 0. The smallest absolute Gasteiger partial charge is 0.306 e. The Morgan fingerprint density at radius 2 is 1.91 bits per heavy atom. The second-order valence-corrected chi connectivity index (χ2v) is 3.27. The first-order chi connectivity index (χ1) is 4.97. The molecule has 4 heteroatoms. The van der Waals surface area contributed by atoms with Gasteiger partial charge in [0.25, 0.3) is 0 Å². The molecule has 1 fully saturated rings. The maximum absolute atomic E-state index is 11.6. The summed E-state index contributed by atoms with van der Waals surface area (Å²) in [5, 5.41) is 2.46. The molecule has 66 valence electrons. The van der Waals surface area contributed by atoms with Gasteiger partial charge < -0.3 is 5.32 Å². The van der Waals surface area contributed by atoms with E-state index in [1.54, 1.807) is 0 Å². The van der Waals surface area contributed by atoms with E-state index in [9.17, 15) is 13.2 Å². The first kappa shape index (κ1) is 8.84. The second-order valence-electron chi connectivity index (χ2n) is 3.27. The van der Waals surface area contributed by atoms with Crippen molar-refractivity contribution in [2.75, 3.05) is 6.54 Å². The Morgan fingerprint density at radius 3 is 2.27 bits per heavy atom. The van der Waals surface area contributed by atoms with Crippen molar-refractivity contribution in [3.8, 4) is 0 Å². The minimum absolute atomic E-state index is 0.103. The number of hydrogen-bond donors (Lipinski definition) is 1. The maximum atomic E-state index is 11.6. The Balaban J connectivity index is 2.05. The van der Waals surface area contributed by atoms with Crippen molar-refractivity contribution in [1.29, 1.82) is 0 Å². The molecular formula is C7H12F3N. The van der Waals surface area contributed by atoms with Crippen LogP contribution in [0.1, 0.15) is 19.8 Å². The second kappa shape index (κ2) is 3.01. The van der Waals surface area contributed by atoms with Crippen molar-refractivity contribution >= 4 is 0 Å². The molecule has 0 unspecified atom stereocenters. The van der Waals surface area contributed by atoms with Gasteiger partial charge in [-0.05, 0) is 18.8 Å². The van der Waals surface area contributed by atoms with Crippen molar-refractivity contribution in [1.82, 2.24) is 5.32 Å². The van der Waals surface area contributed by atoms with Crippen LogP contribution in [0.3, 0.4) is 0 Å². The van der Waals surface area contributed by atoms with Gasteiger partial charge in [0, 0.05) is 6.04 Å². The van der Waals surface area contributed by atoms with E-state index in [2.05, 4.69) is 5.32 Å². The van der Waals surface area contributed by atoms with Crippen molar-refractivity contribution in [2.24, 2.45) is 5.92 Å². The third kappa shape index (κ3) is 3.10. The molecule has 1 rings (SSSR count). The molecule has 0 aliphatic heterocycles. The minimum atomic E-state index is -4.06. The van der Waals surface area contributed by atoms with Crippen molar-refractivity contribution < 1.29 is 13.2 Å². The molecule has 0 aromatic heterocycles. The predicted molar refractivity (Wildman–Crippen MR) is 36.2 cm³/mol. The van der Waals surface area contributed by atoms with E-state index in [0.29, 0.717) is 5.92 Å². The fraction of sp³-hybridized carbons (Fsp3) is 1.00. The largest absolute Gasteiger partial charge is 0.401 e. The van der Waals surface area contributed by atoms with E-state index in [4.69, 9.17) is 0 Å². The average molecular weight is 167 g/mol. The summed E-state index contributed by atoms with van der Waals surface area (Å²) in [5.41, 5.74) is 0. The molecule has 0 bridgehead atoms. The summed E-state index contributed by atoms with van der Waals surface area (Å²) in [6.45, 7) is 1.20. The molecule has 11 heavy (non-hydrogen) atoms. The van der Waals surface area contributed by atoms with Gasteiger partial charge in [-0.1, -0.05) is 6.92 Å². The molecule has 1 aliphatic carbocycles. The van der Waals surface area contributed by atoms with Crippen LogP contribution in [0.5, 0.6) is 0 Å². The average Bonchev–Trinajstić information content (AvgIpc) is 1.75. The molecule has 0 atom stereocenters. The zero-order chi connectivity index (χ0) is 8.48. The number of halogens is 3. The summed E-state index contributed by atoms with van der Waals surface area (Å²) in [6.07, 6.45) is -2.29. The quantitative estimate of drug-likeness (QED) is 0.662. The van der Waals surface area contributed by atoms with Crippen LogP contribution in [-0.4, -0.2) is 18.8 Å². The first-order valence-corrected chi connectivity index (χ1v) is 3.77. The van der Waals surface area contributed by atoms with Crippen molar-refractivity contribution in [3.63, 3.8) is 0 Å². The van der Waals surface area contributed by atoms with Crippen molar-refractivity contribution in [2.45, 2.75) is 32.0 Å². The van der Waals surface area contributed by atoms with Gasteiger partial charge in [-0.25, -0.2) is 0 Å². The van der Waals surface area contributed by atoms with Gasteiger partial charge in [0.15, 0.2) is 0 Å². The van der Waals surface area contributed by atoms with E-state index in [0.717, 1.165) is 12.8 Å². The summed E-state index contributed by atoms with van der Waals surface area (Å²) in [6, 6.07) is 0.103. The Bertz CT molecular complexity index is 126. The van der Waals surface area contributed by atoms with Crippen LogP contribution in [0.4, 0.5) is 13.2 Å². The molecule has 0 amide bonds. The van der Waals surface area contributed by atoms with Crippen LogP contribution in [0.25, 0.3) is 0 Å². The lowest BCUT2D eigenvalue weighted by Gasteiger charge is -2.33. The Hall–Kier alpha value is -0.250. The van der Waals surface area contributed by atoms with Crippen LogP contribution in [0.15, 0.2) is 0 Å². The highest BCUT2D eigenvalue weighted by molar-refractivity contribution is 4.82. The normalized spacial score (nSPS) is 31.6. The summed E-state index contributed by atoms with van der Waals surface area (Å²) in [7, 11) is 0. The highest BCUT2D eigenvalue weighted by atomic mass is 19.4. The number of rotatable bonds is 2. The lowest BCUT2D eigenvalue weighted by atomic mass is 9.82. The summed E-state index contributed by atoms with van der Waals surface area (Å²) >= 11 is 0. The van der Waals surface area contributed by atoms with Gasteiger partial charge in [-0.2, -0.15) is 13.2 Å². The van der Waals surface area contributed by atoms with Crippen LogP contribution in [0, 0.1) is 5.92 Å². The van der Waals surface area contributed by atoms with E-state index in [1.807, 2.05) is 6.92 Å². The topological polar surface area (TPSA) is 12.0 Å². The summed E-state index contributed by atoms with van der Waals surface area (Å²) < 4.78 is 34.8. The fourth-order valence-electron chi connectivity index (χ4n) is 1.33. The lowest BCUT2D eigenvalue weighted by molar-refractivity contribution is -0.127. The zero-order valence-electron chi connectivity index (χ0n) is 6.41. The molecule has 1 N–H and O–H groups in total. The molecule has 0 spiro atoms. The highest BCUT2D eigenvalue weighted by Crippen LogP contribution is 2.27. The number of alkyl halides is 3. The molecule has 1 aliphatic rings. The minimum Gasteiger partial charge on any atom is -0.306 e. The van der Waals surface area contributed by atoms with Gasteiger partial charge >= 0.3 is 6.18 Å². The van der Waals surface area contributed by atoms with E-state index in [-0.39, 0.29) is 6.04 Å². The third-order valence-corrected chi connectivity index (χ3v) is 1.96. The monoisotopic (exact) mass is 167 g/mol. The van der Waals surface area contributed by atoms with E-state index < -0.39 is 12.7 Å². The molecule has 0 saturated heterocycles. The third-order valence-electron chi connectivity index (χ3n) is 1.96. The number of hydrogen-bond acceptors (Lipinski definition) is 1. The van der Waals surface area contributed by atoms with Gasteiger partial charge in [0.2, 0.25) is 0 Å². The van der Waals surface area contributed by atoms with Crippen LogP contribution < -0.4 is 5.32 Å². The van der Waals surface area contributed by atoms with Crippen molar-refractivity contribution in [3.05, 3.63) is 0 Å². The molecular weight excluding hydrogens is 155 g/mol. The summed E-state index contributed by atoms with van der Waals surface area (Å²) in [5.74, 6) is 0.598. The van der Waals surface area contributed by atoms with Crippen LogP contribution in [0.2, 0.25) is 0 Å². The maximum Gasteiger partial charge on any atom is 0.401 e. The first-order valence-electron chi connectivity index (χ1n) is 3.77. The molecule has 0 radical (unpaired) electrons. The Morgan fingerprint density at radius 1 is 1.36 bits per heavy atom.